The zero-order valence-corrected chi connectivity index (χ0v) is 18.7. The quantitative estimate of drug-likeness (QED) is 0.112. The number of ether oxygens (including phenoxy) is 2. The molecule has 0 spiro atoms. The molecule has 3 nitrogen and oxygen atoms in total. The summed E-state index contributed by atoms with van der Waals surface area (Å²) in [7, 11) is 0. The van der Waals surface area contributed by atoms with Crippen molar-refractivity contribution in [3.63, 3.8) is 0 Å². The van der Waals surface area contributed by atoms with Crippen molar-refractivity contribution in [2.24, 2.45) is 0 Å². The summed E-state index contributed by atoms with van der Waals surface area (Å²) in [6.07, 6.45) is 7.42. The van der Waals surface area contributed by atoms with Crippen LogP contribution in [-0.2, 0) is 0 Å². The summed E-state index contributed by atoms with van der Waals surface area (Å²) in [6, 6.07) is 25.4. The van der Waals surface area contributed by atoms with Gasteiger partial charge in [-0.1, -0.05) is 81.5 Å². The van der Waals surface area contributed by atoms with E-state index in [0.29, 0.717) is 17.9 Å². The van der Waals surface area contributed by atoms with Crippen LogP contribution in [0.5, 0.6) is 11.5 Å². The van der Waals surface area contributed by atoms with E-state index < -0.39 is 0 Å². The van der Waals surface area contributed by atoms with Crippen LogP contribution < -0.4 is 9.47 Å². The van der Waals surface area contributed by atoms with Gasteiger partial charge >= 0.3 is 5.97 Å². The van der Waals surface area contributed by atoms with Crippen molar-refractivity contribution >= 4 is 27.5 Å². The second-order valence-corrected chi connectivity index (χ2v) is 8.20. The summed E-state index contributed by atoms with van der Waals surface area (Å²) < 4.78 is 11.4. The molecule has 0 bridgehead atoms. The Hall–Kier alpha value is -3.33. The smallest absolute Gasteiger partial charge is 0.343 e. The Labute approximate surface area is 190 Å². The van der Waals surface area contributed by atoms with E-state index in [0.717, 1.165) is 22.9 Å². The number of carbonyl (C=O) groups is 1. The normalized spacial score (nSPS) is 11.0. The third-order valence-corrected chi connectivity index (χ3v) is 5.78. The van der Waals surface area contributed by atoms with Crippen LogP contribution in [0, 0.1) is 0 Å². The van der Waals surface area contributed by atoms with E-state index in [-0.39, 0.29) is 5.97 Å². The molecule has 0 heterocycles. The van der Waals surface area contributed by atoms with Crippen LogP contribution in [0.4, 0.5) is 0 Å². The highest BCUT2D eigenvalue weighted by molar-refractivity contribution is 6.07. The Bertz CT molecular complexity index is 1180. The first-order chi connectivity index (χ1) is 15.7. The molecule has 4 aromatic rings. The minimum Gasteiger partial charge on any atom is -0.494 e. The molecule has 0 aliphatic carbocycles. The van der Waals surface area contributed by atoms with Gasteiger partial charge in [-0.25, -0.2) is 4.79 Å². The molecule has 4 rings (SSSR count). The van der Waals surface area contributed by atoms with Gasteiger partial charge in [0, 0.05) is 0 Å². The SMILES string of the molecule is CCCCCCCCOc1ccc(C(=O)Oc2ccc3c(ccc4ccccc43)c2)cc1. The maximum Gasteiger partial charge on any atom is 0.343 e. The van der Waals surface area contributed by atoms with E-state index in [2.05, 4.69) is 31.2 Å². The molecule has 4 aromatic carbocycles. The lowest BCUT2D eigenvalue weighted by Crippen LogP contribution is -2.08. The zero-order valence-electron chi connectivity index (χ0n) is 18.7. The molecule has 0 saturated heterocycles. The lowest BCUT2D eigenvalue weighted by molar-refractivity contribution is 0.0735. The average molecular weight is 427 g/mol. The van der Waals surface area contributed by atoms with Crippen molar-refractivity contribution in [2.75, 3.05) is 6.61 Å². The molecule has 0 N–H and O–H groups in total. The van der Waals surface area contributed by atoms with Crippen molar-refractivity contribution in [1.82, 2.24) is 0 Å². The summed E-state index contributed by atoms with van der Waals surface area (Å²) in [5.74, 6) is 0.960. The number of carbonyl (C=O) groups excluding carboxylic acids is 1. The molecule has 0 saturated carbocycles. The predicted molar refractivity (Wildman–Crippen MR) is 132 cm³/mol. The van der Waals surface area contributed by atoms with Gasteiger partial charge in [0.15, 0.2) is 0 Å². The molecule has 0 aliphatic heterocycles. The fourth-order valence-corrected chi connectivity index (χ4v) is 3.98. The zero-order chi connectivity index (χ0) is 22.2. The van der Waals surface area contributed by atoms with Gasteiger partial charge in [0.1, 0.15) is 11.5 Å². The van der Waals surface area contributed by atoms with Gasteiger partial charge in [-0.3, -0.25) is 0 Å². The third-order valence-electron chi connectivity index (χ3n) is 5.78. The van der Waals surface area contributed by atoms with E-state index in [1.54, 1.807) is 12.1 Å². The minimum atomic E-state index is -0.368. The number of esters is 1. The summed E-state index contributed by atoms with van der Waals surface area (Å²) in [4.78, 5) is 12.6. The van der Waals surface area contributed by atoms with Crippen LogP contribution in [0.2, 0.25) is 0 Å². The van der Waals surface area contributed by atoms with E-state index in [1.807, 2.05) is 42.5 Å². The van der Waals surface area contributed by atoms with Crippen LogP contribution in [0.15, 0.2) is 78.9 Å². The first kappa shape index (κ1) is 21.9. The maximum atomic E-state index is 12.6. The summed E-state index contributed by atoms with van der Waals surface area (Å²) in [5.41, 5.74) is 0.510. The van der Waals surface area contributed by atoms with Crippen LogP contribution in [0.25, 0.3) is 21.5 Å². The van der Waals surface area contributed by atoms with Crippen molar-refractivity contribution in [2.45, 2.75) is 45.4 Å². The molecule has 0 atom stereocenters. The molecule has 0 unspecified atom stereocenters. The molecule has 0 fully saturated rings. The highest BCUT2D eigenvalue weighted by Crippen LogP contribution is 2.28. The number of fused-ring (bicyclic) bond motifs is 3. The molecule has 0 aromatic heterocycles. The highest BCUT2D eigenvalue weighted by Gasteiger charge is 2.10. The Morgan fingerprint density at radius 2 is 1.38 bits per heavy atom. The van der Waals surface area contributed by atoms with Crippen molar-refractivity contribution in [3.8, 4) is 11.5 Å². The van der Waals surface area contributed by atoms with Gasteiger partial charge in [-0.15, -0.1) is 0 Å². The second kappa shape index (κ2) is 10.8. The average Bonchev–Trinajstić information content (AvgIpc) is 2.83. The van der Waals surface area contributed by atoms with Gasteiger partial charge in [-0.2, -0.15) is 0 Å². The first-order valence-corrected chi connectivity index (χ1v) is 11.6. The predicted octanol–water partition coefficient (Wildman–Crippen LogP) is 7.95. The Kier molecular flexibility index (Phi) is 7.39. The molecule has 3 heteroatoms. The van der Waals surface area contributed by atoms with Crippen molar-refractivity contribution in [1.29, 1.82) is 0 Å². The minimum absolute atomic E-state index is 0.368. The molecular formula is C29H30O3. The van der Waals surface area contributed by atoms with Crippen LogP contribution in [0.3, 0.4) is 0 Å². The number of rotatable bonds is 10. The third kappa shape index (κ3) is 5.47. The fourth-order valence-electron chi connectivity index (χ4n) is 3.98. The summed E-state index contributed by atoms with van der Waals surface area (Å²) >= 11 is 0. The molecule has 164 valence electrons. The standard InChI is InChI=1S/C29H30O3/c1-2-3-4-5-6-9-20-31-25-16-14-23(15-17-25)29(30)32-26-18-19-28-24(21-26)13-12-22-10-7-8-11-27(22)28/h7-8,10-19,21H,2-6,9,20H2,1H3. The van der Waals surface area contributed by atoms with Gasteiger partial charge < -0.3 is 9.47 Å². The van der Waals surface area contributed by atoms with E-state index >= 15 is 0 Å². The van der Waals surface area contributed by atoms with Crippen LogP contribution >= 0.6 is 0 Å². The second-order valence-electron chi connectivity index (χ2n) is 8.20. The van der Waals surface area contributed by atoms with Gasteiger partial charge in [0.2, 0.25) is 0 Å². The van der Waals surface area contributed by atoms with Crippen LogP contribution in [-0.4, -0.2) is 12.6 Å². The summed E-state index contributed by atoms with van der Waals surface area (Å²) in [5, 5.41) is 4.59. The Morgan fingerprint density at radius 1 is 0.688 bits per heavy atom. The van der Waals surface area contributed by atoms with E-state index in [1.165, 1.54) is 42.9 Å². The largest absolute Gasteiger partial charge is 0.494 e. The Morgan fingerprint density at radius 3 is 2.22 bits per heavy atom. The maximum absolute atomic E-state index is 12.6. The van der Waals surface area contributed by atoms with Gasteiger partial charge in [0.25, 0.3) is 0 Å². The Balaban J connectivity index is 1.33. The number of hydrogen-bond acceptors (Lipinski definition) is 3. The van der Waals surface area contributed by atoms with E-state index in [4.69, 9.17) is 9.47 Å². The number of hydrogen-bond donors (Lipinski definition) is 0. The van der Waals surface area contributed by atoms with Gasteiger partial charge in [0.05, 0.1) is 12.2 Å². The topological polar surface area (TPSA) is 35.5 Å². The molecule has 0 aliphatic rings. The number of benzene rings is 4. The molecular weight excluding hydrogens is 396 g/mol. The van der Waals surface area contributed by atoms with E-state index in [9.17, 15) is 4.79 Å². The molecule has 0 amide bonds. The monoisotopic (exact) mass is 426 g/mol. The number of unbranched alkanes of at least 4 members (excludes halogenated alkanes) is 5. The lowest BCUT2D eigenvalue weighted by Gasteiger charge is -2.09. The van der Waals surface area contributed by atoms with Crippen molar-refractivity contribution < 1.29 is 14.3 Å². The first-order valence-electron chi connectivity index (χ1n) is 11.6. The lowest BCUT2D eigenvalue weighted by atomic mass is 10.0. The highest BCUT2D eigenvalue weighted by atomic mass is 16.5. The fraction of sp³-hybridized carbons (Fsp3) is 0.276. The summed E-state index contributed by atoms with van der Waals surface area (Å²) in [6.45, 7) is 2.94. The van der Waals surface area contributed by atoms with Crippen molar-refractivity contribution in [3.05, 3.63) is 84.4 Å². The molecule has 0 radical (unpaired) electrons. The van der Waals surface area contributed by atoms with Crippen LogP contribution in [0.1, 0.15) is 55.8 Å². The molecule has 32 heavy (non-hydrogen) atoms. The van der Waals surface area contributed by atoms with Gasteiger partial charge in [-0.05, 0) is 64.4 Å².